The number of hydrogen-bond acceptors (Lipinski definition) is 8. The number of fused-ring (bicyclic) bond motifs is 1. The molecule has 1 fully saturated rings. The van der Waals surface area contributed by atoms with Crippen molar-refractivity contribution in [3.05, 3.63) is 35.5 Å². The summed E-state index contributed by atoms with van der Waals surface area (Å²) in [5.74, 6) is 2.59. The topological polar surface area (TPSA) is 95.3 Å². The molecule has 0 aromatic carbocycles. The standard InChI is InChI=1S/C20H23ClN6O2S/c21-15-10-22-17(23-11-15)14-2-6-26(7-3-14)19-24-12-16-18(25-19)27(8-9-30(16)29)20(13-28)4-1-5-20/h2,10-12,28H,1,3-9,13H2/t30-/m1/s1. The second-order valence-electron chi connectivity index (χ2n) is 7.95. The summed E-state index contributed by atoms with van der Waals surface area (Å²) >= 11 is 5.88. The highest BCUT2D eigenvalue weighted by Gasteiger charge is 2.45. The Morgan fingerprint density at radius 1 is 1.17 bits per heavy atom. The monoisotopic (exact) mass is 446 g/mol. The van der Waals surface area contributed by atoms with E-state index in [-0.39, 0.29) is 12.1 Å². The summed E-state index contributed by atoms with van der Waals surface area (Å²) in [7, 11) is -1.10. The van der Waals surface area contributed by atoms with Crippen LogP contribution in [0.4, 0.5) is 11.8 Å². The van der Waals surface area contributed by atoms with E-state index >= 15 is 0 Å². The molecule has 0 amide bonds. The Bertz CT molecular complexity index is 1010. The summed E-state index contributed by atoms with van der Waals surface area (Å²) in [5.41, 5.74) is 0.809. The lowest BCUT2D eigenvalue weighted by Gasteiger charge is -2.51. The molecule has 2 aromatic heterocycles. The molecule has 3 aliphatic rings. The van der Waals surface area contributed by atoms with Crippen LogP contribution < -0.4 is 9.80 Å². The van der Waals surface area contributed by atoms with Crippen molar-refractivity contribution in [1.29, 1.82) is 0 Å². The molecule has 10 heteroatoms. The van der Waals surface area contributed by atoms with Crippen LogP contribution in [0.1, 0.15) is 31.5 Å². The molecule has 30 heavy (non-hydrogen) atoms. The summed E-state index contributed by atoms with van der Waals surface area (Å²) in [5, 5.41) is 10.6. The fourth-order valence-electron chi connectivity index (χ4n) is 4.34. The van der Waals surface area contributed by atoms with Crippen molar-refractivity contribution < 1.29 is 9.32 Å². The Hall–Kier alpha value is -2.10. The third-order valence-electron chi connectivity index (χ3n) is 6.28. The van der Waals surface area contributed by atoms with Crippen LogP contribution in [0.15, 0.2) is 29.6 Å². The number of rotatable bonds is 4. The minimum absolute atomic E-state index is 0.0926. The second kappa shape index (κ2) is 7.86. The van der Waals surface area contributed by atoms with Gasteiger partial charge in [-0.1, -0.05) is 17.7 Å². The van der Waals surface area contributed by atoms with Gasteiger partial charge in [0.05, 0.1) is 39.1 Å². The maximum atomic E-state index is 12.6. The first kappa shape index (κ1) is 19.8. The quantitative estimate of drug-likeness (QED) is 0.762. The van der Waals surface area contributed by atoms with Crippen molar-refractivity contribution in [3.8, 4) is 0 Å². The molecule has 158 valence electrons. The Labute approximate surface area is 182 Å². The molecule has 0 spiro atoms. The molecule has 0 radical (unpaired) electrons. The molecular weight excluding hydrogens is 424 g/mol. The van der Waals surface area contributed by atoms with E-state index in [0.717, 1.165) is 37.8 Å². The number of anilines is 2. The van der Waals surface area contributed by atoms with E-state index in [9.17, 15) is 9.32 Å². The third-order valence-corrected chi connectivity index (χ3v) is 7.80. The minimum Gasteiger partial charge on any atom is -0.394 e. The predicted octanol–water partition coefficient (Wildman–Crippen LogP) is 2.06. The molecule has 1 N–H and O–H groups in total. The molecule has 8 nitrogen and oxygen atoms in total. The first-order valence-electron chi connectivity index (χ1n) is 10.2. The second-order valence-corrected chi connectivity index (χ2v) is 9.92. The van der Waals surface area contributed by atoms with Gasteiger partial charge in [-0.05, 0) is 31.3 Å². The van der Waals surface area contributed by atoms with Gasteiger partial charge in [0.2, 0.25) is 5.95 Å². The lowest BCUT2D eigenvalue weighted by Crippen LogP contribution is -2.59. The minimum atomic E-state index is -1.10. The first-order valence-corrected chi connectivity index (χ1v) is 11.9. The average Bonchev–Trinajstić information content (AvgIpc) is 2.75. The molecule has 2 aliphatic heterocycles. The molecular formula is C20H23ClN6O2S. The highest BCUT2D eigenvalue weighted by molar-refractivity contribution is 7.85. The number of aromatic nitrogens is 4. The van der Waals surface area contributed by atoms with E-state index in [1.54, 1.807) is 18.6 Å². The summed E-state index contributed by atoms with van der Waals surface area (Å²) in [6.45, 7) is 2.13. The van der Waals surface area contributed by atoms with Gasteiger partial charge >= 0.3 is 0 Å². The smallest absolute Gasteiger partial charge is 0.227 e. The summed E-state index contributed by atoms with van der Waals surface area (Å²) in [4.78, 5) is 22.9. The Kier molecular flexibility index (Phi) is 5.20. The average molecular weight is 447 g/mol. The zero-order valence-corrected chi connectivity index (χ0v) is 18.1. The summed E-state index contributed by atoms with van der Waals surface area (Å²) in [6, 6.07) is 0. The maximum absolute atomic E-state index is 12.6. The number of hydrogen-bond donors (Lipinski definition) is 1. The number of aliphatic hydroxyl groups excluding tert-OH is 1. The summed E-state index contributed by atoms with van der Waals surface area (Å²) in [6.07, 6.45) is 10.7. The van der Waals surface area contributed by atoms with Crippen molar-refractivity contribution in [1.82, 2.24) is 19.9 Å². The molecule has 1 aliphatic carbocycles. The van der Waals surface area contributed by atoms with Crippen LogP contribution >= 0.6 is 11.6 Å². The molecule has 0 bridgehead atoms. The fraction of sp³-hybridized carbons (Fsp3) is 0.500. The molecule has 0 saturated heterocycles. The normalized spacial score (nSPS) is 22.9. The van der Waals surface area contributed by atoms with Crippen LogP contribution in [0.2, 0.25) is 5.02 Å². The van der Waals surface area contributed by atoms with Crippen molar-refractivity contribution in [3.63, 3.8) is 0 Å². The summed E-state index contributed by atoms with van der Waals surface area (Å²) < 4.78 is 12.6. The molecule has 1 saturated carbocycles. The predicted molar refractivity (Wildman–Crippen MR) is 116 cm³/mol. The Balaban J connectivity index is 1.41. The third kappa shape index (κ3) is 3.38. The van der Waals surface area contributed by atoms with E-state index in [1.165, 1.54) is 0 Å². The first-order chi connectivity index (χ1) is 14.6. The van der Waals surface area contributed by atoms with Gasteiger partial charge in [-0.3, -0.25) is 4.21 Å². The van der Waals surface area contributed by atoms with Gasteiger partial charge < -0.3 is 14.9 Å². The van der Waals surface area contributed by atoms with E-state index < -0.39 is 10.8 Å². The van der Waals surface area contributed by atoms with Crippen LogP contribution in [0, 0.1) is 0 Å². The van der Waals surface area contributed by atoms with E-state index in [4.69, 9.17) is 16.6 Å². The van der Waals surface area contributed by atoms with Gasteiger partial charge in [-0.25, -0.2) is 15.0 Å². The molecule has 1 atom stereocenters. The zero-order valence-electron chi connectivity index (χ0n) is 16.5. The van der Waals surface area contributed by atoms with E-state index in [2.05, 4.69) is 30.8 Å². The number of halogens is 1. The van der Waals surface area contributed by atoms with Crippen molar-refractivity contribution in [2.24, 2.45) is 0 Å². The van der Waals surface area contributed by atoms with Crippen molar-refractivity contribution in [2.45, 2.75) is 36.1 Å². The Morgan fingerprint density at radius 3 is 2.60 bits per heavy atom. The van der Waals surface area contributed by atoms with Crippen LogP contribution in [-0.2, 0) is 10.8 Å². The van der Waals surface area contributed by atoms with Crippen molar-refractivity contribution >= 4 is 39.7 Å². The highest BCUT2D eigenvalue weighted by atomic mass is 35.5. The fourth-order valence-corrected chi connectivity index (χ4v) is 5.54. The highest BCUT2D eigenvalue weighted by Crippen LogP contribution is 2.43. The zero-order chi connectivity index (χ0) is 20.7. The van der Waals surface area contributed by atoms with Gasteiger partial charge in [-0.15, -0.1) is 0 Å². The Morgan fingerprint density at radius 2 is 1.97 bits per heavy atom. The van der Waals surface area contributed by atoms with Crippen LogP contribution in [0.3, 0.4) is 0 Å². The van der Waals surface area contributed by atoms with Crippen LogP contribution in [0.25, 0.3) is 5.57 Å². The van der Waals surface area contributed by atoms with Crippen LogP contribution in [-0.4, -0.2) is 66.8 Å². The maximum Gasteiger partial charge on any atom is 0.227 e. The van der Waals surface area contributed by atoms with Crippen molar-refractivity contribution in [2.75, 3.05) is 41.8 Å². The van der Waals surface area contributed by atoms with Gasteiger partial charge in [0.1, 0.15) is 0 Å². The SMILES string of the molecule is O=[S@@]1CCN(C2(CO)CCC2)c2nc(N3CC=C(c4ncc(Cl)cn4)CC3)ncc21. The molecule has 2 aromatic rings. The molecule has 5 rings (SSSR count). The number of nitrogens with zero attached hydrogens (tertiary/aromatic N) is 6. The lowest BCUT2D eigenvalue weighted by molar-refractivity contribution is 0.115. The van der Waals surface area contributed by atoms with Gasteiger partial charge in [0, 0.05) is 37.8 Å². The van der Waals surface area contributed by atoms with E-state index in [0.29, 0.717) is 46.4 Å². The van der Waals surface area contributed by atoms with Crippen LogP contribution in [0.5, 0.6) is 0 Å². The lowest BCUT2D eigenvalue weighted by atomic mass is 9.76. The van der Waals surface area contributed by atoms with Gasteiger partial charge in [-0.2, -0.15) is 4.98 Å². The molecule has 4 heterocycles. The van der Waals surface area contributed by atoms with Gasteiger partial charge in [0.25, 0.3) is 0 Å². The van der Waals surface area contributed by atoms with Gasteiger partial charge in [0.15, 0.2) is 11.6 Å². The van der Waals surface area contributed by atoms with E-state index in [1.807, 2.05) is 0 Å². The molecule has 0 unspecified atom stereocenters. The number of aliphatic hydroxyl groups is 1. The largest absolute Gasteiger partial charge is 0.394 e.